The van der Waals surface area contributed by atoms with Gasteiger partial charge in [-0.2, -0.15) is 4.98 Å². The van der Waals surface area contributed by atoms with Gasteiger partial charge in [-0.25, -0.2) is 4.52 Å². The molecule has 0 aliphatic rings. The second kappa shape index (κ2) is 4.56. The van der Waals surface area contributed by atoms with Crippen LogP contribution in [0.1, 0.15) is 0 Å². The molecule has 3 aromatic rings. The molecule has 0 fully saturated rings. The number of hydrogen-bond acceptors (Lipinski definition) is 4. The first kappa shape index (κ1) is 12.0. The summed E-state index contributed by atoms with van der Waals surface area (Å²) in [6.45, 7) is 0. The van der Waals surface area contributed by atoms with Crippen molar-refractivity contribution in [2.24, 2.45) is 0 Å². The Kier molecular flexibility index (Phi) is 2.88. The molecule has 5 nitrogen and oxygen atoms in total. The Bertz CT molecular complexity index is 740. The number of aromatic nitrogens is 3. The topological polar surface area (TPSA) is 73.5 Å². The van der Waals surface area contributed by atoms with Gasteiger partial charge in [-0.1, -0.05) is 17.2 Å². The maximum absolute atomic E-state index is 11.4. The van der Waals surface area contributed by atoms with Crippen molar-refractivity contribution in [3.63, 3.8) is 0 Å². The fraction of sp³-hybridized carbons (Fsp3) is 0.0769. The van der Waals surface area contributed by atoms with E-state index < -0.39 is 11.2 Å². The minimum atomic E-state index is -1.24. The molecule has 3 rings (SSSR count). The van der Waals surface area contributed by atoms with Crippen LogP contribution in [-0.2, 0) is 11.2 Å². The monoisotopic (exact) mass is 273 g/mol. The van der Waals surface area contributed by atoms with Crippen LogP contribution in [0.3, 0.4) is 0 Å². The van der Waals surface area contributed by atoms with E-state index in [9.17, 15) is 9.66 Å². The van der Waals surface area contributed by atoms with Gasteiger partial charge in [0.2, 0.25) is 0 Å². The zero-order valence-corrected chi connectivity index (χ0v) is 11.0. The average molecular weight is 273 g/mol. The van der Waals surface area contributed by atoms with Crippen molar-refractivity contribution in [3.05, 3.63) is 42.6 Å². The van der Waals surface area contributed by atoms with Crippen molar-refractivity contribution in [3.8, 4) is 17.0 Å². The predicted octanol–water partition coefficient (Wildman–Crippen LogP) is 1.84. The summed E-state index contributed by atoms with van der Waals surface area (Å²) in [7, 11) is 0. The Hall–Kier alpha value is -2.05. The molecular formula is C13H11N3O2S. The molecule has 96 valence electrons. The van der Waals surface area contributed by atoms with Gasteiger partial charge in [0.15, 0.2) is 0 Å². The molecule has 2 aromatic heterocycles. The van der Waals surface area contributed by atoms with Crippen LogP contribution in [0.15, 0.2) is 47.8 Å². The van der Waals surface area contributed by atoms with E-state index in [-0.39, 0.29) is 10.9 Å². The zero-order chi connectivity index (χ0) is 13.4. The molecule has 1 unspecified atom stereocenters. The summed E-state index contributed by atoms with van der Waals surface area (Å²) in [5.41, 5.74) is 2.20. The van der Waals surface area contributed by atoms with Crippen molar-refractivity contribution < 1.29 is 9.66 Å². The number of rotatable bonds is 2. The first-order valence-corrected chi connectivity index (χ1v) is 7.19. The van der Waals surface area contributed by atoms with Gasteiger partial charge < -0.3 is 9.66 Å². The molecule has 19 heavy (non-hydrogen) atoms. The summed E-state index contributed by atoms with van der Waals surface area (Å²) < 4.78 is 13.1. The Labute approximate surface area is 112 Å². The van der Waals surface area contributed by atoms with E-state index in [2.05, 4.69) is 10.1 Å². The van der Waals surface area contributed by atoms with Gasteiger partial charge in [0.25, 0.3) is 0 Å². The molecule has 0 saturated heterocycles. The smallest absolute Gasteiger partial charge is 0.359 e. The Morgan fingerprint density at radius 2 is 2.00 bits per heavy atom. The molecule has 1 atom stereocenters. The molecule has 1 aromatic carbocycles. The summed E-state index contributed by atoms with van der Waals surface area (Å²) in [6, 6.07) is 10.7. The van der Waals surface area contributed by atoms with Crippen LogP contribution >= 0.6 is 0 Å². The third kappa shape index (κ3) is 2.05. The number of fused-ring (bicyclic) bond motifs is 1. The SMILES string of the molecule is C[S+]([O-])c1ncc2ccc(-c3ccccc3O)n2n1. The molecule has 0 aliphatic carbocycles. The van der Waals surface area contributed by atoms with Crippen LogP contribution in [-0.4, -0.2) is 30.5 Å². The fourth-order valence-electron chi connectivity index (χ4n) is 1.91. The van der Waals surface area contributed by atoms with E-state index in [0.717, 1.165) is 11.2 Å². The summed E-state index contributed by atoms with van der Waals surface area (Å²) in [5.74, 6) is 0.181. The van der Waals surface area contributed by atoms with E-state index in [1.54, 1.807) is 22.8 Å². The van der Waals surface area contributed by atoms with Gasteiger partial charge in [-0.05, 0) is 24.3 Å². The van der Waals surface area contributed by atoms with Gasteiger partial charge in [0, 0.05) is 16.7 Å². The molecule has 1 N–H and O–H groups in total. The highest BCUT2D eigenvalue weighted by molar-refractivity contribution is 7.90. The quantitative estimate of drug-likeness (QED) is 0.723. The van der Waals surface area contributed by atoms with E-state index in [1.807, 2.05) is 24.3 Å². The number of aromatic hydroxyl groups is 1. The normalized spacial score (nSPS) is 12.7. The van der Waals surface area contributed by atoms with Crippen molar-refractivity contribution in [2.75, 3.05) is 6.26 Å². The van der Waals surface area contributed by atoms with Crippen molar-refractivity contribution in [2.45, 2.75) is 5.16 Å². The lowest BCUT2D eigenvalue weighted by Gasteiger charge is -2.06. The van der Waals surface area contributed by atoms with Crippen LogP contribution < -0.4 is 0 Å². The second-order valence-electron chi connectivity index (χ2n) is 4.07. The number of phenolic OH excluding ortho intramolecular Hbond substituents is 1. The highest BCUT2D eigenvalue weighted by atomic mass is 32.2. The number of benzene rings is 1. The summed E-state index contributed by atoms with van der Waals surface area (Å²) in [4.78, 5) is 4.04. The first-order valence-electron chi connectivity index (χ1n) is 5.63. The minimum Gasteiger partial charge on any atom is -0.609 e. The van der Waals surface area contributed by atoms with E-state index in [1.165, 1.54) is 6.26 Å². The standard InChI is InChI=1S/C13H11N3O2S/c1-19(18)13-14-8-9-6-7-11(16(9)15-13)10-4-2-3-5-12(10)17/h2-8,17H,1H3. The number of para-hydroxylation sites is 1. The van der Waals surface area contributed by atoms with Crippen LogP contribution in [0.2, 0.25) is 0 Å². The van der Waals surface area contributed by atoms with E-state index >= 15 is 0 Å². The molecular weight excluding hydrogens is 262 g/mol. The molecule has 0 radical (unpaired) electrons. The lowest BCUT2D eigenvalue weighted by molar-refractivity contribution is 0.477. The predicted molar refractivity (Wildman–Crippen MR) is 72.4 cm³/mol. The van der Waals surface area contributed by atoms with E-state index in [4.69, 9.17) is 0 Å². The highest BCUT2D eigenvalue weighted by Gasteiger charge is 2.14. The Balaban J connectivity index is 2.25. The van der Waals surface area contributed by atoms with Crippen LogP contribution in [0, 0.1) is 0 Å². The molecule has 0 amide bonds. The lowest BCUT2D eigenvalue weighted by Crippen LogP contribution is -2.08. The minimum absolute atomic E-state index is 0.181. The summed E-state index contributed by atoms with van der Waals surface area (Å²) in [6.07, 6.45) is 3.15. The zero-order valence-electron chi connectivity index (χ0n) is 10.1. The van der Waals surface area contributed by atoms with Crippen molar-refractivity contribution in [1.82, 2.24) is 14.6 Å². The molecule has 0 aliphatic heterocycles. The molecule has 0 spiro atoms. The largest absolute Gasteiger partial charge is 0.609 e. The van der Waals surface area contributed by atoms with Gasteiger partial charge >= 0.3 is 5.16 Å². The lowest BCUT2D eigenvalue weighted by atomic mass is 10.1. The van der Waals surface area contributed by atoms with E-state index in [0.29, 0.717) is 5.56 Å². The average Bonchev–Trinajstić information content (AvgIpc) is 2.82. The molecule has 6 heteroatoms. The van der Waals surface area contributed by atoms with Gasteiger partial charge in [0.1, 0.15) is 12.0 Å². The van der Waals surface area contributed by atoms with Crippen molar-refractivity contribution in [1.29, 1.82) is 0 Å². The second-order valence-corrected chi connectivity index (χ2v) is 5.34. The molecule has 2 heterocycles. The maximum atomic E-state index is 11.4. The van der Waals surface area contributed by atoms with Crippen molar-refractivity contribution >= 4 is 16.7 Å². The summed E-state index contributed by atoms with van der Waals surface area (Å²) in [5, 5.41) is 14.4. The maximum Gasteiger partial charge on any atom is 0.359 e. The first-order chi connectivity index (χ1) is 9.16. The molecule has 0 bridgehead atoms. The number of phenols is 1. The molecule has 0 saturated carbocycles. The third-order valence-electron chi connectivity index (χ3n) is 2.81. The van der Waals surface area contributed by atoms with Gasteiger partial charge in [-0.15, -0.1) is 0 Å². The van der Waals surface area contributed by atoms with Crippen LogP contribution in [0.4, 0.5) is 0 Å². The Morgan fingerprint density at radius 3 is 2.74 bits per heavy atom. The fourth-order valence-corrected chi connectivity index (χ4v) is 2.31. The highest BCUT2D eigenvalue weighted by Crippen LogP contribution is 2.29. The van der Waals surface area contributed by atoms with Gasteiger partial charge in [0.05, 0.1) is 17.4 Å². The van der Waals surface area contributed by atoms with Crippen LogP contribution in [0.25, 0.3) is 16.8 Å². The summed E-state index contributed by atoms with van der Waals surface area (Å²) >= 11 is -1.24. The van der Waals surface area contributed by atoms with Crippen LogP contribution in [0.5, 0.6) is 5.75 Å². The third-order valence-corrected chi connectivity index (χ3v) is 3.52. The number of nitrogens with zero attached hydrogens (tertiary/aromatic N) is 3. The number of hydrogen-bond donors (Lipinski definition) is 1. The van der Waals surface area contributed by atoms with Gasteiger partial charge in [-0.3, -0.25) is 0 Å². The Morgan fingerprint density at radius 1 is 1.21 bits per heavy atom.